The monoisotopic (exact) mass is 503 g/mol. The zero-order valence-corrected chi connectivity index (χ0v) is 24.5. The van der Waals surface area contributed by atoms with Crippen molar-refractivity contribution in [3.63, 3.8) is 0 Å². The van der Waals surface area contributed by atoms with Crippen LogP contribution in [0, 0.1) is 19.8 Å². The number of aryl methyl sites for hydroxylation is 1. The largest absolute Gasteiger partial charge is 0.444 e. The van der Waals surface area contributed by atoms with Crippen LogP contribution in [0.15, 0.2) is 18.2 Å². The van der Waals surface area contributed by atoms with Gasteiger partial charge >= 0.3 is 6.09 Å². The van der Waals surface area contributed by atoms with E-state index >= 15 is 0 Å². The van der Waals surface area contributed by atoms with Gasteiger partial charge in [-0.15, -0.1) is 0 Å². The molecule has 7 heteroatoms. The van der Waals surface area contributed by atoms with Crippen molar-refractivity contribution in [2.75, 3.05) is 0 Å². The Balaban J connectivity index is 3.76. The van der Waals surface area contributed by atoms with Crippen LogP contribution < -0.4 is 10.6 Å². The van der Waals surface area contributed by atoms with Gasteiger partial charge in [-0.25, -0.2) is 4.79 Å². The molecule has 0 bridgehead atoms. The quantitative estimate of drug-likeness (QED) is 0.421. The number of ether oxygens (including phenoxy) is 1. The molecule has 0 aliphatic rings. The molecule has 1 aromatic rings. The summed E-state index contributed by atoms with van der Waals surface area (Å²) in [4.78, 5) is 42.7. The van der Waals surface area contributed by atoms with Crippen LogP contribution >= 0.6 is 0 Å². The molecule has 3 amide bonds. The molecule has 3 atom stereocenters. The first kappa shape index (κ1) is 31.5. The molecule has 0 saturated carbocycles. The predicted octanol–water partition coefficient (Wildman–Crippen LogP) is 5.83. The molecule has 204 valence electrons. The number of nitrogens with one attached hydrogen (secondary N) is 2. The van der Waals surface area contributed by atoms with Gasteiger partial charge in [0.05, 0.1) is 0 Å². The smallest absolute Gasteiger partial charge is 0.408 e. The summed E-state index contributed by atoms with van der Waals surface area (Å²) < 4.78 is 5.48. The number of benzene rings is 1. The molecular formula is C29H49N3O4. The van der Waals surface area contributed by atoms with Gasteiger partial charge in [0.1, 0.15) is 17.7 Å². The Hall–Kier alpha value is -2.57. The molecule has 1 aromatic carbocycles. The summed E-state index contributed by atoms with van der Waals surface area (Å²) in [5.74, 6) is -0.715. The highest BCUT2D eigenvalue weighted by Crippen LogP contribution is 2.35. The van der Waals surface area contributed by atoms with Crippen molar-refractivity contribution in [3.8, 4) is 0 Å². The van der Waals surface area contributed by atoms with Gasteiger partial charge in [0.2, 0.25) is 11.8 Å². The third-order valence-electron chi connectivity index (χ3n) is 6.78. The minimum absolute atomic E-state index is 0.0999. The summed E-state index contributed by atoms with van der Waals surface area (Å²) in [6.07, 6.45) is 0.638. The molecule has 0 aliphatic carbocycles. The molecule has 0 heterocycles. The van der Waals surface area contributed by atoms with Crippen LogP contribution in [0.3, 0.4) is 0 Å². The van der Waals surface area contributed by atoms with Gasteiger partial charge in [0.15, 0.2) is 0 Å². The molecule has 0 aromatic heterocycles. The fourth-order valence-electron chi connectivity index (χ4n) is 4.04. The van der Waals surface area contributed by atoms with Gasteiger partial charge in [0, 0.05) is 11.6 Å². The summed E-state index contributed by atoms with van der Waals surface area (Å²) >= 11 is 0. The van der Waals surface area contributed by atoms with Crippen LogP contribution in [-0.4, -0.2) is 46.0 Å². The van der Waals surface area contributed by atoms with Gasteiger partial charge in [-0.05, 0) is 91.3 Å². The van der Waals surface area contributed by atoms with E-state index in [4.69, 9.17) is 4.74 Å². The van der Waals surface area contributed by atoms with Crippen LogP contribution in [0.25, 0.3) is 0 Å². The maximum atomic E-state index is 14.4. The number of nitrogens with zero attached hydrogens (tertiary/aromatic N) is 1. The fraction of sp³-hybridized carbons (Fsp3) is 0.690. The number of carbonyl (C=O) groups excluding carboxylic acids is 3. The Kier molecular flexibility index (Phi) is 11.0. The van der Waals surface area contributed by atoms with Crippen LogP contribution in [0.1, 0.15) is 105 Å². The summed E-state index contributed by atoms with van der Waals surface area (Å²) in [6.45, 7) is 23.0. The SMILES string of the molecule is CCC(C)C(NC(=O)OC(C)(C)C)C(=O)N(C(C(=O)NC(C)C)c1cccc(C)c1C)C(C)(C)CC. The van der Waals surface area contributed by atoms with E-state index in [9.17, 15) is 14.4 Å². The van der Waals surface area contributed by atoms with Crippen molar-refractivity contribution in [2.45, 2.75) is 125 Å². The predicted molar refractivity (Wildman–Crippen MR) is 146 cm³/mol. The average Bonchev–Trinajstić information content (AvgIpc) is 2.75. The Morgan fingerprint density at radius 1 is 0.972 bits per heavy atom. The Labute approximate surface area is 218 Å². The fourth-order valence-corrected chi connectivity index (χ4v) is 4.04. The number of amides is 3. The van der Waals surface area contributed by atoms with E-state index in [0.29, 0.717) is 12.8 Å². The first-order chi connectivity index (χ1) is 16.5. The standard InChI is InChI=1S/C29H49N3O4/c1-13-19(5)23(31-27(35)36-28(8,9)10)26(34)32(29(11,12)14-2)24(25(33)30-18(3)4)22-17-15-16-20(6)21(22)7/h15-19,23-24H,13-14H2,1-12H3,(H,30,33)(H,31,35). The Morgan fingerprint density at radius 3 is 2.03 bits per heavy atom. The lowest BCUT2D eigenvalue weighted by Crippen LogP contribution is -2.61. The maximum Gasteiger partial charge on any atom is 0.408 e. The zero-order chi connectivity index (χ0) is 28.0. The topological polar surface area (TPSA) is 87.7 Å². The maximum absolute atomic E-state index is 14.4. The van der Waals surface area contributed by atoms with E-state index < -0.39 is 29.3 Å². The lowest BCUT2D eigenvalue weighted by Gasteiger charge is -2.45. The molecule has 0 aliphatic heterocycles. The molecule has 2 N–H and O–H groups in total. The molecule has 0 radical (unpaired) electrons. The molecule has 3 unspecified atom stereocenters. The summed E-state index contributed by atoms with van der Waals surface area (Å²) in [5.41, 5.74) is 1.41. The minimum Gasteiger partial charge on any atom is -0.444 e. The van der Waals surface area contributed by atoms with E-state index in [2.05, 4.69) is 10.6 Å². The van der Waals surface area contributed by atoms with Crippen LogP contribution in [0.4, 0.5) is 4.79 Å². The van der Waals surface area contributed by atoms with E-state index in [1.165, 1.54) is 0 Å². The molecule has 1 rings (SSSR count). The molecule has 0 fully saturated rings. The number of rotatable bonds is 10. The lowest BCUT2D eigenvalue weighted by molar-refractivity contribution is -0.150. The van der Waals surface area contributed by atoms with Gasteiger partial charge in [-0.1, -0.05) is 45.4 Å². The van der Waals surface area contributed by atoms with Crippen LogP contribution in [0.5, 0.6) is 0 Å². The number of hydrogen-bond acceptors (Lipinski definition) is 4. The first-order valence-electron chi connectivity index (χ1n) is 13.2. The molecule has 36 heavy (non-hydrogen) atoms. The van der Waals surface area contributed by atoms with Crippen molar-refractivity contribution in [3.05, 3.63) is 34.9 Å². The van der Waals surface area contributed by atoms with Crippen LogP contribution in [-0.2, 0) is 14.3 Å². The highest BCUT2D eigenvalue weighted by atomic mass is 16.6. The second-order valence-electron chi connectivity index (χ2n) is 11.7. The van der Waals surface area contributed by atoms with Gasteiger partial charge in [-0.2, -0.15) is 0 Å². The van der Waals surface area contributed by atoms with Crippen molar-refractivity contribution in [2.24, 2.45) is 5.92 Å². The summed E-state index contributed by atoms with van der Waals surface area (Å²) in [5, 5.41) is 5.86. The molecule has 0 spiro atoms. The second kappa shape index (κ2) is 12.6. The highest BCUT2D eigenvalue weighted by molar-refractivity contribution is 5.93. The number of carbonyl (C=O) groups is 3. The number of alkyl carbamates (subject to hydrolysis) is 1. The van der Waals surface area contributed by atoms with Crippen molar-refractivity contribution in [1.82, 2.24) is 15.5 Å². The first-order valence-corrected chi connectivity index (χ1v) is 13.2. The summed E-state index contributed by atoms with van der Waals surface area (Å²) in [7, 11) is 0. The van der Waals surface area contributed by atoms with Crippen molar-refractivity contribution < 1.29 is 19.1 Å². The highest BCUT2D eigenvalue weighted by Gasteiger charge is 2.44. The zero-order valence-electron chi connectivity index (χ0n) is 24.5. The normalized spacial score (nSPS) is 14.6. The third kappa shape index (κ3) is 8.24. The van der Waals surface area contributed by atoms with E-state index in [1.54, 1.807) is 25.7 Å². The van der Waals surface area contributed by atoms with E-state index in [1.807, 2.05) is 80.5 Å². The minimum atomic E-state index is -0.859. The second-order valence-corrected chi connectivity index (χ2v) is 11.7. The molecule has 7 nitrogen and oxygen atoms in total. The summed E-state index contributed by atoms with van der Waals surface area (Å²) in [6, 6.07) is 4.02. The molecule has 0 saturated heterocycles. The molecular weight excluding hydrogens is 454 g/mol. The van der Waals surface area contributed by atoms with Crippen molar-refractivity contribution >= 4 is 17.9 Å². The van der Waals surface area contributed by atoms with Gasteiger partial charge in [0.25, 0.3) is 0 Å². The van der Waals surface area contributed by atoms with E-state index in [-0.39, 0.29) is 23.8 Å². The third-order valence-corrected chi connectivity index (χ3v) is 6.78. The van der Waals surface area contributed by atoms with Crippen molar-refractivity contribution in [1.29, 1.82) is 0 Å². The van der Waals surface area contributed by atoms with E-state index in [0.717, 1.165) is 16.7 Å². The van der Waals surface area contributed by atoms with Gasteiger partial charge < -0.3 is 20.3 Å². The number of hydrogen-bond donors (Lipinski definition) is 2. The Morgan fingerprint density at radius 2 is 1.56 bits per heavy atom. The van der Waals surface area contributed by atoms with Gasteiger partial charge in [-0.3, -0.25) is 9.59 Å². The Bertz CT molecular complexity index is 918. The van der Waals surface area contributed by atoms with Crippen LogP contribution in [0.2, 0.25) is 0 Å². The lowest BCUT2D eigenvalue weighted by atomic mass is 9.87. The average molecular weight is 504 g/mol.